The maximum absolute atomic E-state index is 12.2. The van der Waals surface area contributed by atoms with E-state index >= 15 is 0 Å². The van der Waals surface area contributed by atoms with Gasteiger partial charge in [-0.05, 0) is 30.7 Å². The van der Waals surface area contributed by atoms with Crippen LogP contribution in [-0.4, -0.2) is 36.0 Å². The van der Waals surface area contributed by atoms with E-state index in [0.29, 0.717) is 42.2 Å². The van der Waals surface area contributed by atoms with E-state index in [0.717, 1.165) is 11.1 Å². The molecular weight excluding hydrogens is 346 g/mol. The highest BCUT2D eigenvalue weighted by Gasteiger charge is 2.11. The van der Waals surface area contributed by atoms with Crippen LogP contribution >= 0.6 is 0 Å². The third-order valence-electron chi connectivity index (χ3n) is 3.99. The number of hydrogen-bond acceptors (Lipinski definition) is 7. The molecule has 0 fully saturated rings. The summed E-state index contributed by atoms with van der Waals surface area (Å²) in [6.45, 7) is 0. The number of nitrogens with one attached hydrogen (secondary N) is 1. The smallest absolute Gasteiger partial charge is 0.226 e. The summed E-state index contributed by atoms with van der Waals surface area (Å²) in [6.07, 6.45) is 4.81. The molecule has 0 radical (unpaired) electrons. The molecule has 4 rings (SSSR count). The number of carbonyl (C=O) groups is 1. The summed E-state index contributed by atoms with van der Waals surface area (Å²) in [4.78, 5) is 22.0. The van der Waals surface area contributed by atoms with E-state index in [1.165, 1.54) is 4.80 Å². The fourth-order valence-electron chi connectivity index (χ4n) is 2.73. The topological polar surface area (TPSA) is 112 Å². The summed E-state index contributed by atoms with van der Waals surface area (Å²) in [5, 5.41) is 15.4. The zero-order chi connectivity index (χ0) is 18.6. The third-order valence-corrected chi connectivity index (χ3v) is 3.99. The monoisotopic (exact) mass is 363 g/mol. The number of carbonyl (C=O) groups excluding carboxylic acids is 1. The second-order valence-corrected chi connectivity index (χ2v) is 6.01. The Morgan fingerprint density at radius 3 is 2.89 bits per heavy atom. The molecule has 0 aliphatic rings. The average molecular weight is 363 g/mol. The molecule has 3 heterocycles. The lowest BCUT2D eigenvalue weighted by atomic mass is 10.2. The molecule has 0 aliphatic heterocycles. The minimum absolute atomic E-state index is 0.0953. The molecule has 1 amide bonds. The maximum atomic E-state index is 12.2. The highest BCUT2D eigenvalue weighted by molar-refractivity contribution is 5.99. The normalized spacial score (nSPS) is 11.0. The molecule has 1 aromatic carbocycles. The molecule has 0 saturated heterocycles. The lowest BCUT2D eigenvalue weighted by Crippen LogP contribution is -2.12. The first kappa shape index (κ1) is 16.8. The second kappa shape index (κ2) is 7.32. The average Bonchev–Trinajstić information content (AvgIpc) is 3.29. The minimum atomic E-state index is -0.0953. The van der Waals surface area contributed by atoms with Crippen LogP contribution in [0.2, 0.25) is 0 Å². The number of rotatable bonds is 6. The summed E-state index contributed by atoms with van der Waals surface area (Å²) >= 11 is 0. The van der Waals surface area contributed by atoms with E-state index < -0.39 is 0 Å². The van der Waals surface area contributed by atoms with Crippen molar-refractivity contribution in [2.24, 2.45) is 7.05 Å². The number of benzene rings is 1. The summed E-state index contributed by atoms with van der Waals surface area (Å²) in [5.41, 5.74) is 2.91. The molecule has 0 saturated carbocycles. The van der Waals surface area contributed by atoms with Crippen LogP contribution in [0.15, 0.2) is 47.2 Å². The number of aryl methyl sites for hydroxylation is 2. The number of fused-ring (bicyclic) bond motifs is 1. The summed E-state index contributed by atoms with van der Waals surface area (Å²) in [5.74, 6) is 0.929. The summed E-state index contributed by atoms with van der Waals surface area (Å²) in [7, 11) is 1.75. The van der Waals surface area contributed by atoms with E-state index in [2.05, 4.69) is 30.6 Å². The molecule has 0 unspecified atom stereocenters. The first-order chi connectivity index (χ1) is 13.2. The van der Waals surface area contributed by atoms with Crippen molar-refractivity contribution in [3.8, 4) is 11.4 Å². The van der Waals surface area contributed by atoms with Gasteiger partial charge < -0.3 is 9.84 Å². The molecule has 0 atom stereocenters. The Hall–Kier alpha value is -3.62. The lowest BCUT2D eigenvalue weighted by Gasteiger charge is -2.04. The van der Waals surface area contributed by atoms with Crippen LogP contribution in [0.5, 0.6) is 0 Å². The van der Waals surface area contributed by atoms with E-state index in [4.69, 9.17) is 4.52 Å². The van der Waals surface area contributed by atoms with E-state index in [1.54, 1.807) is 19.4 Å². The van der Waals surface area contributed by atoms with Gasteiger partial charge in [0.1, 0.15) is 11.0 Å². The summed E-state index contributed by atoms with van der Waals surface area (Å²) in [6, 6.07) is 9.14. The van der Waals surface area contributed by atoms with Gasteiger partial charge >= 0.3 is 0 Å². The van der Waals surface area contributed by atoms with Crippen molar-refractivity contribution in [3.63, 3.8) is 0 Å². The van der Waals surface area contributed by atoms with Gasteiger partial charge in [-0.1, -0.05) is 11.2 Å². The fraction of sp³-hybridized carbons (Fsp3) is 0.222. The predicted molar refractivity (Wildman–Crippen MR) is 97.6 cm³/mol. The van der Waals surface area contributed by atoms with Crippen molar-refractivity contribution in [2.75, 3.05) is 5.32 Å². The molecular formula is C18H17N7O2. The quantitative estimate of drug-likeness (QED) is 0.560. The highest BCUT2D eigenvalue weighted by atomic mass is 16.5. The van der Waals surface area contributed by atoms with Crippen LogP contribution in [0, 0.1) is 0 Å². The van der Waals surface area contributed by atoms with Gasteiger partial charge in [-0.15, -0.1) is 0 Å². The minimum Gasteiger partial charge on any atom is -0.339 e. The zero-order valence-corrected chi connectivity index (χ0v) is 14.7. The van der Waals surface area contributed by atoms with E-state index in [9.17, 15) is 4.79 Å². The first-order valence-electron chi connectivity index (χ1n) is 8.52. The van der Waals surface area contributed by atoms with E-state index in [1.807, 2.05) is 30.3 Å². The zero-order valence-electron chi connectivity index (χ0n) is 14.7. The third kappa shape index (κ3) is 3.81. The number of amides is 1. The predicted octanol–water partition coefficient (Wildman–Crippen LogP) is 2.37. The van der Waals surface area contributed by atoms with Gasteiger partial charge in [0.2, 0.25) is 17.6 Å². The maximum Gasteiger partial charge on any atom is 0.226 e. The van der Waals surface area contributed by atoms with Crippen LogP contribution in [0.3, 0.4) is 0 Å². The number of aromatic nitrogens is 6. The van der Waals surface area contributed by atoms with Gasteiger partial charge in [0.05, 0.1) is 5.69 Å². The van der Waals surface area contributed by atoms with Crippen molar-refractivity contribution >= 4 is 22.6 Å². The van der Waals surface area contributed by atoms with Gasteiger partial charge in [0.15, 0.2) is 0 Å². The molecule has 0 bridgehead atoms. The number of anilines is 1. The SMILES string of the molecule is Cn1nc2cccc(NC(=O)CCCc3nc(-c4ccncc4)no3)c2n1. The molecule has 0 spiro atoms. The molecule has 3 aromatic heterocycles. The Labute approximate surface area is 154 Å². The van der Waals surface area contributed by atoms with Crippen molar-refractivity contribution < 1.29 is 9.32 Å². The standard InChI is InChI=1S/C18H17N7O2/c1-25-22-14-5-2-4-13(17(14)23-25)20-15(26)6-3-7-16-21-18(24-27-16)12-8-10-19-11-9-12/h2,4-5,8-11H,3,6-7H2,1H3,(H,20,26). The molecule has 0 aliphatic carbocycles. The Kier molecular flexibility index (Phi) is 4.56. The number of hydrogen-bond donors (Lipinski definition) is 1. The van der Waals surface area contributed by atoms with Gasteiger partial charge in [-0.25, -0.2) is 0 Å². The van der Waals surface area contributed by atoms with Crippen LogP contribution in [0.1, 0.15) is 18.7 Å². The molecule has 9 heteroatoms. The van der Waals surface area contributed by atoms with Crippen LogP contribution < -0.4 is 5.32 Å². The molecule has 1 N–H and O–H groups in total. The molecule has 27 heavy (non-hydrogen) atoms. The van der Waals surface area contributed by atoms with Crippen molar-refractivity contribution in [1.29, 1.82) is 0 Å². The van der Waals surface area contributed by atoms with Crippen molar-refractivity contribution in [3.05, 3.63) is 48.6 Å². The van der Waals surface area contributed by atoms with Crippen LogP contribution in [0.4, 0.5) is 5.69 Å². The Balaban J connectivity index is 1.33. The number of nitrogens with zero attached hydrogens (tertiary/aromatic N) is 6. The lowest BCUT2D eigenvalue weighted by molar-refractivity contribution is -0.116. The highest BCUT2D eigenvalue weighted by Crippen LogP contribution is 2.20. The Morgan fingerprint density at radius 2 is 2.04 bits per heavy atom. The summed E-state index contributed by atoms with van der Waals surface area (Å²) < 4.78 is 5.25. The molecule has 9 nitrogen and oxygen atoms in total. The van der Waals surface area contributed by atoms with Gasteiger partial charge in [-0.2, -0.15) is 20.0 Å². The largest absolute Gasteiger partial charge is 0.339 e. The van der Waals surface area contributed by atoms with Gasteiger partial charge in [-0.3, -0.25) is 9.78 Å². The van der Waals surface area contributed by atoms with Gasteiger partial charge in [0.25, 0.3) is 0 Å². The Morgan fingerprint density at radius 1 is 1.19 bits per heavy atom. The van der Waals surface area contributed by atoms with Crippen LogP contribution in [-0.2, 0) is 18.3 Å². The number of pyridine rings is 1. The fourth-order valence-corrected chi connectivity index (χ4v) is 2.73. The molecule has 4 aromatic rings. The first-order valence-corrected chi connectivity index (χ1v) is 8.52. The van der Waals surface area contributed by atoms with Crippen LogP contribution in [0.25, 0.3) is 22.4 Å². The Bertz CT molecular complexity index is 1070. The van der Waals surface area contributed by atoms with Crippen molar-refractivity contribution in [2.45, 2.75) is 19.3 Å². The second-order valence-electron chi connectivity index (χ2n) is 6.01. The molecule has 136 valence electrons. The van der Waals surface area contributed by atoms with Crippen molar-refractivity contribution in [1.82, 2.24) is 30.1 Å². The van der Waals surface area contributed by atoms with Gasteiger partial charge in [0, 0.05) is 37.8 Å². The van der Waals surface area contributed by atoms with E-state index in [-0.39, 0.29) is 5.91 Å².